The molecule has 48 heavy (non-hydrogen) atoms. The minimum absolute atomic E-state index is 0.514. The molecule has 10 rings (SSSR count). The number of fused-ring (bicyclic) bond motifs is 7. The van der Waals surface area contributed by atoms with Crippen LogP contribution in [0, 0.1) is 0 Å². The fraction of sp³-hybridized carbons (Fsp3) is 0. The first-order valence-electron chi connectivity index (χ1n) is 15.8. The Labute approximate surface area is 274 Å². The lowest BCUT2D eigenvalue weighted by Crippen LogP contribution is -2.00. The molecule has 224 valence electrons. The van der Waals surface area contributed by atoms with Crippen LogP contribution in [0.3, 0.4) is 0 Å². The van der Waals surface area contributed by atoms with Gasteiger partial charge >= 0.3 is 0 Å². The van der Waals surface area contributed by atoms with Crippen molar-refractivity contribution < 1.29 is 8.83 Å². The molecule has 0 aliphatic carbocycles. The van der Waals surface area contributed by atoms with E-state index in [1.807, 2.05) is 72.8 Å². The van der Waals surface area contributed by atoms with Crippen molar-refractivity contribution in [2.45, 2.75) is 0 Å². The second-order valence-corrected chi connectivity index (χ2v) is 11.8. The molecule has 0 aliphatic heterocycles. The normalized spacial score (nSPS) is 11.8. The smallest absolute Gasteiger partial charge is 0.228 e. The number of benzene rings is 6. The first-order valence-corrected chi connectivity index (χ1v) is 15.8. The lowest BCUT2D eigenvalue weighted by Gasteiger charge is -2.09. The summed E-state index contributed by atoms with van der Waals surface area (Å²) in [6.07, 6.45) is 1.75. The third-order valence-electron chi connectivity index (χ3n) is 9.01. The number of nitrogens with zero attached hydrogens (tertiary/aromatic N) is 4. The molecular weight excluding hydrogens is 592 g/mol. The predicted octanol–water partition coefficient (Wildman–Crippen LogP) is 10.9. The summed E-state index contributed by atoms with van der Waals surface area (Å²) in [5.41, 5.74) is 7.45. The highest BCUT2D eigenvalue weighted by molar-refractivity contribution is 6.17. The van der Waals surface area contributed by atoms with Gasteiger partial charge in [-0.1, -0.05) is 121 Å². The van der Waals surface area contributed by atoms with Gasteiger partial charge in [0.05, 0.1) is 5.39 Å². The summed E-state index contributed by atoms with van der Waals surface area (Å²) in [6.45, 7) is 0. The molecule has 10 aromatic rings. The van der Waals surface area contributed by atoms with Gasteiger partial charge in [0.1, 0.15) is 16.7 Å². The molecule has 0 saturated carbocycles. The average molecular weight is 617 g/mol. The topological polar surface area (TPSA) is 77.8 Å². The van der Waals surface area contributed by atoms with E-state index >= 15 is 0 Å². The lowest BCUT2D eigenvalue weighted by atomic mass is 9.99. The summed E-state index contributed by atoms with van der Waals surface area (Å²) < 4.78 is 13.0. The average Bonchev–Trinajstić information content (AvgIpc) is 3.74. The number of hydrogen-bond acceptors (Lipinski definition) is 6. The number of aromatic nitrogens is 4. The Bertz CT molecular complexity index is 2850. The van der Waals surface area contributed by atoms with Crippen LogP contribution < -0.4 is 0 Å². The molecule has 6 heteroatoms. The van der Waals surface area contributed by atoms with Crippen molar-refractivity contribution >= 4 is 54.8 Å². The van der Waals surface area contributed by atoms with E-state index in [0.29, 0.717) is 23.2 Å². The van der Waals surface area contributed by atoms with E-state index in [1.54, 1.807) is 6.20 Å². The molecule has 0 radical (unpaired) electrons. The number of rotatable bonds is 4. The molecule has 6 aromatic carbocycles. The van der Waals surface area contributed by atoms with Gasteiger partial charge in [0.2, 0.25) is 5.71 Å². The number of furan rings is 2. The van der Waals surface area contributed by atoms with Gasteiger partial charge in [-0.3, -0.25) is 0 Å². The van der Waals surface area contributed by atoms with Crippen molar-refractivity contribution in [3.8, 4) is 45.3 Å². The summed E-state index contributed by atoms with van der Waals surface area (Å²) in [4.78, 5) is 19.8. The van der Waals surface area contributed by atoms with Crippen LogP contribution in [0.25, 0.3) is 100 Å². The lowest BCUT2D eigenvalue weighted by molar-refractivity contribution is 0.654. The molecule has 4 heterocycles. The maximum Gasteiger partial charge on any atom is 0.228 e. The van der Waals surface area contributed by atoms with Crippen molar-refractivity contribution in [3.05, 3.63) is 146 Å². The standard InChI is InChI=1S/C42H24N4O2/c1-2-11-26(12-3-1)39-44-40(28-21-20-25-10-4-5-13-27(25)24-28)46-41(45-39)34-22-23-43-42-36(34)33-18-9-17-32(38(33)48-42)31-16-8-15-30-29-14-6-7-19-35(29)47-37(30)31/h1-24H. The first-order chi connectivity index (χ1) is 23.8. The van der Waals surface area contributed by atoms with Gasteiger partial charge in [-0.25, -0.2) is 19.9 Å². The van der Waals surface area contributed by atoms with Crippen LogP contribution >= 0.6 is 0 Å². The van der Waals surface area contributed by atoms with Crippen LogP contribution in [0.5, 0.6) is 0 Å². The van der Waals surface area contributed by atoms with Gasteiger partial charge in [0, 0.05) is 50.2 Å². The fourth-order valence-electron chi connectivity index (χ4n) is 6.75. The molecule has 0 fully saturated rings. The zero-order valence-electron chi connectivity index (χ0n) is 25.5. The van der Waals surface area contributed by atoms with Crippen LogP contribution in [0.15, 0.2) is 155 Å². The van der Waals surface area contributed by atoms with Gasteiger partial charge in [-0.05, 0) is 29.0 Å². The van der Waals surface area contributed by atoms with Gasteiger partial charge in [0.15, 0.2) is 17.5 Å². The van der Waals surface area contributed by atoms with Crippen molar-refractivity contribution in [3.63, 3.8) is 0 Å². The third-order valence-corrected chi connectivity index (χ3v) is 9.01. The molecule has 0 aliphatic rings. The van der Waals surface area contributed by atoms with E-state index in [0.717, 1.165) is 76.9 Å². The minimum Gasteiger partial charge on any atom is -0.455 e. The van der Waals surface area contributed by atoms with Gasteiger partial charge in [0.25, 0.3) is 0 Å². The summed E-state index contributed by atoms with van der Waals surface area (Å²) in [5, 5.41) is 6.20. The molecule has 4 aromatic heterocycles. The van der Waals surface area contributed by atoms with E-state index in [2.05, 4.69) is 71.7 Å². The Balaban J connectivity index is 1.21. The molecule has 0 unspecified atom stereocenters. The van der Waals surface area contributed by atoms with Crippen LogP contribution in [0.2, 0.25) is 0 Å². The minimum atomic E-state index is 0.514. The van der Waals surface area contributed by atoms with Crippen molar-refractivity contribution in [2.75, 3.05) is 0 Å². The third kappa shape index (κ3) is 4.13. The summed E-state index contributed by atoms with van der Waals surface area (Å²) in [5.74, 6) is 1.74. The second-order valence-electron chi connectivity index (χ2n) is 11.8. The molecule has 0 bridgehead atoms. The van der Waals surface area contributed by atoms with E-state index < -0.39 is 0 Å². The first kappa shape index (κ1) is 26.5. The number of para-hydroxylation sites is 3. The largest absolute Gasteiger partial charge is 0.455 e. The zero-order chi connectivity index (χ0) is 31.6. The van der Waals surface area contributed by atoms with E-state index in [4.69, 9.17) is 23.8 Å². The molecular formula is C42H24N4O2. The Morgan fingerprint density at radius 3 is 1.94 bits per heavy atom. The Morgan fingerprint density at radius 1 is 0.417 bits per heavy atom. The fourth-order valence-corrected chi connectivity index (χ4v) is 6.75. The van der Waals surface area contributed by atoms with Gasteiger partial charge in [-0.2, -0.15) is 0 Å². The maximum atomic E-state index is 6.58. The van der Waals surface area contributed by atoms with E-state index in [1.165, 1.54) is 0 Å². The Hall–Kier alpha value is -6.66. The summed E-state index contributed by atoms with van der Waals surface area (Å²) in [7, 11) is 0. The highest BCUT2D eigenvalue weighted by atomic mass is 16.3. The Kier molecular flexibility index (Phi) is 5.77. The summed E-state index contributed by atoms with van der Waals surface area (Å²) >= 11 is 0. The molecule has 0 amide bonds. The van der Waals surface area contributed by atoms with Crippen molar-refractivity contribution in [2.24, 2.45) is 0 Å². The molecule has 0 saturated heterocycles. The van der Waals surface area contributed by atoms with Crippen molar-refractivity contribution in [1.82, 2.24) is 19.9 Å². The van der Waals surface area contributed by atoms with Crippen LogP contribution in [-0.2, 0) is 0 Å². The molecule has 0 spiro atoms. The monoisotopic (exact) mass is 616 g/mol. The Morgan fingerprint density at radius 2 is 1.08 bits per heavy atom. The van der Waals surface area contributed by atoms with Gasteiger partial charge in [-0.15, -0.1) is 0 Å². The van der Waals surface area contributed by atoms with E-state index in [-0.39, 0.29) is 0 Å². The predicted molar refractivity (Wildman–Crippen MR) is 191 cm³/mol. The second kappa shape index (κ2) is 10.4. The quantitative estimate of drug-likeness (QED) is 0.196. The highest BCUT2D eigenvalue weighted by Gasteiger charge is 2.22. The SMILES string of the molecule is c1ccc(-c2nc(-c3ccc4ccccc4c3)nc(-c3ccnc4oc5c(-c6cccc7c6oc6ccccc67)cccc5c34)n2)cc1. The molecule has 0 N–H and O–H groups in total. The van der Waals surface area contributed by atoms with Crippen LogP contribution in [-0.4, -0.2) is 19.9 Å². The summed E-state index contributed by atoms with van der Waals surface area (Å²) in [6, 6.07) is 47.1. The van der Waals surface area contributed by atoms with E-state index in [9.17, 15) is 0 Å². The molecule has 0 atom stereocenters. The number of pyridine rings is 1. The maximum absolute atomic E-state index is 6.58. The number of hydrogen-bond donors (Lipinski definition) is 0. The van der Waals surface area contributed by atoms with Gasteiger partial charge < -0.3 is 8.83 Å². The van der Waals surface area contributed by atoms with Crippen LogP contribution in [0.1, 0.15) is 0 Å². The molecule has 6 nitrogen and oxygen atoms in total. The zero-order valence-corrected chi connectivity index (χ0v) is 25.5. The highest BCUT2D eigenvalue weighted by Crippen LogP contribution is 2.42. The van der Waals surface area contributed by atoms with Crippen molar-refractivity contribution in [1.29, 1.82) is 0 Å². The van der Waals surface area contributed by atoms with Crippen LogP contribution in [0.4, 0.5) is 0 Å².